The van der Waals surface area contributed by atoms with Gasteiger partial charge in [-0.05, 0) is 223 Å². The number of aryl methyl sites for hydroxylation is 2. The summed E-state index contributed by atoms with van der Waals surface area (Å²) in [6.07, 6.45) is -26.3. The molecule has 0 aliphatic carbocycles. The van der Waals surface area contributed by atoms with Crippen molar-refractivity contribution >= 4 is 36.6 Å². The van der Waals surface area contributed by atoms with Crippen molar-refractivity contribution in [2.45, 2.75) is 315 Å². The zero-order valence-electron chi connectivity index (χ0n) is 73.5. The SMILES string of the molecule is CC[C@@H]1C[C@H](N(Cc2cc(C(F)(F)F)cc(C(F)(F)F)c2)C(=O)OC)C[C@H](Cc2ccn(CC)n2)N1C(=O)OC(C)(C)C.CC[C@@H]1C[C@H](N(Cc2cc(C(F)(F)F)cc(C(F)(F)F)c2)C(=O)OC)C[C@H](Cc2ccn[nH]2)N1C(=O)OC(C)(C)C.CC[C@@H]1C[C@H](N(Cc2cc(C(F)(F)F)cc(C(F)(F)F)c2)C(=O)OC)C[C@H](Cc2ccnn2CC)N1C(=O)OC(C)(C)C. The molecule has 0 spiro atoms. The van der Waals surface area contributed by atoms with Crippen molar-refractivity contribution in [1.29, 1.82) is 0 Å². The number of benzene rings is 3. The predicted molar refractivity (Wildman–Crippen MR) is 426 cm³/mol. The molecule has 24 nitrogen and oxygen atoms in total. The maximum atomic E-state index is 13.6. The van der Waals surface area contributed by atoms with E-state index >= 15 is 0 Å². The molecule has 708 valence electrons. The quantitative estimate of drug-likeness (QED) is 0.0552. The summed E-state index contributed by atoms with van der Waals surface area (Å²) in [6, 6.07) is 4.09. The second-order valence-electron chi connectivity index (χ2n) is 34.2. The van der Waals surface area contributed by atoms with Gasteiger partial charge in [0.15, 0.2) is 0 Å². The van der Waals surface area contributed by atoms with Crippen molar-refractivity contribution in [3.05, 3.63) is 159 Å². The van der Waals surface area contributed by atoms with Crippen molar-refractivity contribution in [2.24, 2.45) is 0 Å². The van der Waals surface area contributed by atoms with Crippen LogP contribution in [0, 0.1) is 0 Å². The number of likely N-dealkylation sites (tertiary alicyclic amines) is 3. The van der Waals surface area contributed by atoms with Crippen LogP contribution in [0.2, 0.25) is 0 Å². The number of aromatic nitrogens is 6. The van der Waals surface area contributed by atoms with Crippen LogP contribution in [0.5, 0.6) is 0 Å². The number of H-pyrrole nitrogens is 1. The first kappa shape index (κ1) is 104. The molecule has 3 aromatic heterocycles. The van der Waals surface area contributed by atoms with Gasteiger partial charge in [0, 0.05) is 136 Å². The van der Waals surface area contributed by atoms with Crippen LogP contribution >= 0.6 is 0 Å². The highest BCUT2D eigenvalue weighted by Gasteiger charge is 2.49. The highest BCUT2D eigenvalue weighted by Crippen LogP contribution is 2.44. The van der Waals surface area contributed by atoms with Crippen LogP contribution in [0.4, 0.5) is 108 Å². The summed E-state index contributed by atoms with van der Waals surface area (Å²) >= 11 is 0. The highest BCUT2D eigenvalue weighted by molar-refractivity contribution is 5.73. The normalized spacial score (nSPS) is 19.8. The summed E-state index contributed by atoms with van der Waals surface area (Å²) in [5.41, 5.74) is -10.1. The Hall–Kier alpha value is -10.4. The molecule has 6 amide bonds. The number of amides is 6. The Morgan fingerprint density at radius 1 is 0.394 bits per heavy atom. The molecule has 6 heterocycles. The summed E-state index contributed by atoms with van der Waals surface area (Å²) in [5, 5.41) is 15.6. The van der Waals surface area contributed by atoms with E-state index in [2.05, 4.69) is 20.4 Å². The molecule has 3 saturated heterocycles. The number of halogens is 18. The van der Waals surface area contributed by atoms with Crippen LogP contribution in [-0.4, -0.2) is 188 Å². The maximum absolute atomic E-state index is 13.6. The summed E-state index contributed by atoms with van der Waals surface area (Å²) in [4.78, 5) is 87.5. The van der Waals surface area contributed by atoms with Crippen LogP contribution in [0.15, 0.2) is 91.4 Å². The minimum atomic E-state index is -5.04. The number of aromatic amines is 1. The molecule has 127 heavy (non-hydrogen) atoms. The molecular weight excluding hydrogens is 1720 g/mol. The molecule has 3 aromatic carbocycles. The molecule has 0 saturated carbocycles. The Labute approximate surface area is 724 Å². The van der Waals surface area contributed by atoms with Crippen LogP contribution in [0.25, 0.3) is 0 Å². The third-order valence-electron chi connectivity index (χ3n) is 21.4. The van der Waals surface area contributed by atoms with Gasteiger partial charge in [-0.1, -0.05) is 20.8 Å². The van der Waals surface area contributed by atoms with Gasteiger partial charge in [-0.3, -0.25) is 14.5 Å². The van der Waals surface area contributed by atoms with Crippen molar-refractivity contribution in [2.75, 3.05) is 21.3 Å². The Kier molecular flexibility index (Phi) is 34.2. The monoisotopic (exact) mass is 1830 g/mol. The van der Waals surface area contributed by atoms with E-state index in [-0.39, 0.29) is 79.8 Å². The van der Waals surface area contributed by atoms with E-state index in [4.69, 9.17) is 28.4 Å². The topological polar surface area (TPSA) is 242 Å². The number of ether oxygens (including phenoxy) is 6. The number of piperidine rings is 3. The summed E-state index contributed by atoms with van der Waals surface area (Å²) < 4.78 is 279. The second-order valence-corrected chi connectivity index (χ2v) is 34.2. The summed E-state index contributed by atoms with van der Waals surface area (Å²) in [7, 11) is 3.26. The lowest BCUT2D eigenvalue weighted by Crippen LogP contribution is -2.59. The van der Waals surface area contributed by atoms with Gasteiger partial charge in [0.25, 0.3) is 0 Å². The van der Waals surface area contributed by atoms with Crippen LogP contribution in [0.1, 0.15) is 222 Å². The first-order valence-electron chi connectivity index (χ1n) is 41.1. The van der Waals surface area contributed by atoms with E-state index in [1.807, 2.05) is 34.6 Å². The van der Waals surface area contributed by atoms with Gasteiger partial charge in [-0.25, -0.2) is 28.8 Å². The molecule has 6 aromatic rings. The average molecular weight is 1830 g/mol. The largest absolute Gasteiger partial charge is 0.453 e. The van der Waals surface area contributed by atoms with Gasteiger partial charge in [0.05, 0.1) is 60.4 Å². The Bertz CT molecular complexity index is 4550. The van der Waals surface area contributed by atoms with Crippen LogP contribution in [-0.2, 0) is 117 Å². The molecule has 42 heteroatoms. The van der Waals surface area contributed by atoms with E-state index in [9.17, 15) is 108 Å². The van der Waals surface area contributed by atoms with Gasteiger partial charge < -0.3 is 57.8 Å². The van der Waals surface area contributed by atoms with E-state index in [1.165, 1.54) is 6.20 Å². The zero-order chi connectivity index (χ0) is 95.4. The third-order valence-corrected chi connectivity index (χ3v) is 21.4. The maximum Gasteiger partial charge on any atom is 0.416 e. The Morgan fingerprint density at radius 3 is 0.945 bits per heavy atom. The van der Waals surface area contributed by atoms with Crippen molar-refractivity contribution in [1.82, 2.24) is 59.2 Å². The molecule has 3 aliphatic rings. The van der Waals surface area contributed by atoms with Crippen molar-refractivity contribution in [3.8, 4) is 0 Å². The number of nitrogens with one attached hydrogen (secondary N) is 1. The lowest BCUT2D eigenvalue weighted by atomic mass is 9.86. The summed E-state index contributed by atoms with van der Waals surface area (Å²) in [6.45, 7) is 24.5. The molecule has 3 fully saturated rings. The Morgan fingerprint density at radius 2 is 0.693 bits per heavy atom. The molecular formula is C85H110F18N12O12. The lowest BCUT2D eigenvalue weighted by Gasteiger charge is -2.47. The fourth-order valence-corrected chi connectivity index (χ4v) is 15.9. The molecule has 0 unspecified atom stereocenters. The lowest BCUT2D eigenvalue weighted by molar-refractivity contribution is -0.144. The standard InChI is InChI=1S/2C29H38F6N4O4.C27H34F6N4O4/c1-7-22-15-23(16-24(14-21-9-10-37(8-2)36-21)39(22)26(41)43-27(3,4)5)38(25(40)42-6)17-18-11-19(28(30,31)32)13-20(12-18)29(33,34)35;1-7-21-14-23(16-24(15-22-9-10-36-38(22)8-2)39(21)26(41)43-27(3,4)5)37(25(40)42-6)17-18-11-19(28(30,31)32)13-20(12-18)29(33,34)35;1-6-20-13-21(14-22(12-19-7-8-34-35-19)37(20)24(39)41-25(2,3)4)36(23(38)40-5)15-16-9-17(26(28,29)30)11-18(10-16)27(31,32)33/h9-13,22-24H,7-8,14-17H2,1-6H3;9-13,21,23-24H,7-8,14-17H2,1-6H3;7-11,20-22H,6,12-15H2,1-5H3,(H,34,35)/t22-,23+,24+;21-,23+,24+;20-,21+,22+/m111/s1. The fraction of sp³-hybridized carbons (Fsp3) is 0.612. The van der Waals surface area contributed by atoms with Gasteiger partial charge in [-0.15, -0.1) is 0 Å². The van der Waals surface area contributed by atoms with E-state index < -0.39 is 198 Å². The minimum Gasteiger partial charge on any atom is -0.453 e. The molecule has 0 bridgehead atoms. The summed E-state index contributed by atoms with van der Waals surface area (Å²) in [5.74, 6) is 0. The molecule has 3 aliphatic heterocycles. The first-order valence-corrected chi connectivity index (χ1v) is 41.1. The number of hydrogen-bond donors (Lipinski definition) is 1. The average Bonchev–Trinajstić information content (AvgIpc) is 1.69. The number of alkyl halides is 18. The fourth-order valence-electron chi connectivity index (χ4n) is 15.9. The minimum absolute atomic E-state index is 0.0405. The number of methoxy groups -OCH3 is 3. The van der Waals surface area contributed by atoms with Gasteiger partial charge in [-0.2, -0.15) is 94.3 Å². The van der Waals surface area contributed by atoms with Crippen molar-refractivity contribution in [3.63, 3.8) is 0 Å². The molecule has 9 atom stereocenters. The smallest absolute Gasteiger partial charge is 0.416 e. The first-order chi connectivity index (χ1) is 58.7. The van der Waals surface area contributed by atoms with Gasteiger partial charge in [0.1, 0.15) is 16.8 Å². The number of carbonyl (C=O) groups is 6. The molecule has 0 radical (unpaired) electrons. The Balaban J connectivity index is 0.000000261. The predicted octanol–water partition coefficient (Wildman–Crippen LogP) is 21.4. The van der Waals surface area contributed by atoms with E-state index in [0.29, 0.717) is 93.0 Å². The molecule has 1 N–H and O–H groups in total. The molecule has 9 rings (SSSR count). The number of nitrogens with zero attached hydrogens (tertiary/aromatic N) is 11. The van der Waals surface area contributed by atoms with E-state index in [1.54, 1.807) is 117 Å². The van der Waals surface area contributed by atoms with Gasteiger partial charge in [0.2, 0.25) is 0 Å². The van der Waals surface area contributed by atoms with Crippen molar-refractivity contribution < 1.29 is 136 Å². The van der Waals surface area contributed by atoms with Crippen LogP contribution < -0.4 is 0 Å². The third kappa shape index (κ3) is 29.1. The highest BCUT2D eigenvalue weighted by atomic mass is 19.4. The van der Waals surface area contributed by atoms with E-state index in [0.717, 1.165) is 41.7 Å². The number of hydrogen-bond acceptors (Lipinski definition) is 15. The second kappa shape index (κ2) is 41.8. The van der Waals surface area contributed by atoms with Crippen LogP contribution in [0.3, 0.4) is 0 Å². The number of carbonyl (C=O) groups excluding carboxylic acids is 6. The van der Waals surface area contributed by atoms with Gasteiger partial charge >= 0.3 is 73.6 Å². The number of rotatable bonds is 20. The zero-order valence-corrected chi connectivity index (χ0v) is 73.5.